The first-order chi connectivity index (χ1) is 22.1. The van der Waals surface area contributed by atoms with Crippen LogP contribution >= 0.6 is 0 Å². The van der Waals surface area contributed by atoms with Crippen LogP contribution in [0.4, 0.5) is 5.69 Å². The summed E-state index contributed by atoms with van der Waals surface area (Å²) in [6.45, 7) is 0. The van der Waals surface area contributed by atoms with E-state index in [1.165, 1.54) is 12.0 Å². The van der Waals surface area contributed by atoms with E-state index in [-0.39, 0.29) is 17.6 Å². The van der Waals surface area contributed by atoms with E-state index in [4.69, 9.17) is 4.74 Å². The van der Waals surface area contributed by atoms with E-state index >= 15 is 14.4 Å². The monoisotopic (exact) mass is 585 g/mol. The molecule has 0 unspecified atom stereocenters. The number of nitrogens with zero attached hydrogens (tertiary/aromatic N) is 1. The molecule has 2 bridgehead atoms. The van der Waals surface area contributed by atoms with E-state index in [0.717, 1.165) is 43.8 Å². The van der Waals surface area contributed by atoms with E-state index in [2.05, 4.69) is 24.3 Å². The number of anilines is 1. The third kappa shape index (κ3) is 2.87. The summed E-state index contributed by atoms with van der Waals surface area (Å²) in [7, 11) is 1.53. The fraction of sp³-hybridized carbons (Fsp3) is 0.125. The highest BCUT2D eigenvalue weighted by molar-refractivity contribution is 6.34. The molecular formula is C40H27NO4. The molecule has 6 aromatic carbocycles. The van der Waals surface area contributed by atoms with Gasteiger partial charge in [-0.15, -0.1) is 0 Å². The van der Waals surface area contributed by atoms with Crippen LogP contribution in [0.25, 0.3) is 21.5 Å². The summed E-state index contributed by atoms with van der Waals surface area (Å²) in [5.41, 5.74) is 0.716. The van der Waals surface area contributed by atoms with Gasteiger partial charge in [0, 0.05) is 0 Å². The van der Waals surface area contributed by atoms with Gasteiger partial charge >= 0.3 is 0 Å². The molecule has 1 saturated heterocycles. The Morgan fingerprint density at radius 1 is 0.511 bits per heavy atom. The van der Waals surface area contributed by atoms with Crippen molar-refractivity contribution < 1.29 is 19.1 Å². The molecule has 0 radical (unpaired) electrons. The first-order valence-corrected chi connectivity index (χ1v) is 15.2. The molecule has 4 atom stereocenters. The van der Waals surface area contributed by atoms with Gasteiger partial charge in [0.15, 0.2) is 5.78 Å². The van der Waals surface area contributed by atoms with Crippen LogP contribution in [0.1, 0.15) is 22.3 Å². The number of fused-ring (bicyclic) bond motifs is 13. The number of amides is 2. The predicted octanol–water partition coefficient (Wildman–Crippen LogP) is 6.98. The summed E-state index contributed by atoms with van der Waals surface area (Å²) >= 11 is 0. The molecule has 1 aliphatic heterocycles. The third-order valence-corrected chi connectivity index (χ3v) is 10.5. The Kier molecular flexibility index (Phi) is 5.18. The van der Waals surface area contributed by atoms with Gasteiger partial charge in [-0.05, 0) is 55.9 Å². The highest BCUT2D eigenvalue weighted by Gasteiger charge is 2.82. The zero-order valence-electron chi connectivity index (χ0n) is 24.4. The second-order valence-electron chi connectivity index (χ2n) is 12.2. The van der Waals surface area contributed by atoms with Crippen LogP contribution < -0.4 is 9.64 Å². The van der Waals surface area contributed by atoms with Crippen molar-refractivity contribution in [1.82, 2.24) is 0 Å². The fourth-order valence-corrected chi connectivity index (χ4v) is 9.00. The van der Waals surface area contributed by atoms with Crippen LogP contribution in [0.2, 0.25) is 0 Å². The van der Waals surface area contributed by atoms with Crippen molar-refractivity contribution in [3.8, 4) is 5.75 Å². The number of hydrogen-bond donors (Lipinski definition) is 0. The van der Waals surface area contributed by atoms with Crippen molar-refractivity contribution in [1.29, 1.82) is 0 Å². The van der Waals surface area contributed by atoms with Gasteiger partial charge in [-0.1, -0.05) is 121 Å². The lowest BCUT2D eigenvalue weighted by Gasteiger charge is -2.38. The number of rotatable bonds is 4. The van der Waals surface area contributed by atoms with Crippen LogP contribution in [0, 0.1) is 11.8 Å². The molecule has 6 aromatic rings. The molecular weight excluding hydrogens is 558 g/mol. The quantitative estimate of drug-likeness (QED) is 0.166. The zero-order chi connectivity index (χ0) is 30.5. The van der Waals surface area contributed by atoms with Gasteiger partial charge in [0.2, 0.25) is 11.8 Å². The maximum atomic E-state index is 15.9. The Hall–Kier alpha value is -5.55. The van der Waals surface area contributed by atoms with Gasteiger partial charge in [0.1, 0.15) is 5.75 Å². The van der Waals surface area contributed by atoms with E-state index in [1.54, 1.807) is 18.2 Å². The van der Waals surface area contributed by atoms with Gasteiger partial charge in [-0.3, -0.25) is 14.4 Å². The number of hydrogen-bond acceptors (Lipinski definition) is 4. The highest BCUT2D eigenvalue weighted by atomic mass is 16.5. The number of carbonyl (C=O) groups excluding carboxylic acids is 3. The number of para-hydroxylation sites is 2. The first kappa shape index (κ1) is 25.9. The normalized spacial score (nSPS) is 24.8. The minimum absolute atomic E-state index is 0.111. The molecule has 2 amide bonds. The average molecular weight is 586 g/mol. The largest absolute Gasteiger partial charge is 0.495 e. The molecule has 2 aliphatic carbocycles. The molecule has 0 aromatic heterocycles. The second kappa shape index (κ2) is 8.99. The molecule has 0 N–H and O–H groups in total. The minimum Gasteiger partial charge on any atom is -0.495 e. The van der Waals surface area contributed by atoms with Crippen LogP contribution in [0.15, 0.2) is 133 Å². The molecule has 9 rings (SSSR count). The lowest BCUT2D eigenvalue weighted by Crippen LogP contribution is -2.45. The van der Waals surface area contributed by atoms with Crippen molar-refractivity contribution in [3.63, 3.8) is 0 Å². The Bertz CT molecular complexity index is 2110. The van der Waals surface area contributed by atoms with E-state index in [0.29, 0.717) is 11.4 Å². The Labute approximate surface area is 259 Å². The smallest absolute Gasteiger partial charge is 0.239 e. The predicted molar refractivity (Wildman–Crippen MR) is 173 cm³/mol. The molecule has 5 heteroatoms. The fourth-order valence-electron chi connectivity index (χ4n) is 9.00. The molecule has 45 heavy (non-hydrogen) atoms. The zero-order valence-corrected chi connectivity index (χ0v) is 24.4. The maximum Gasteiger partial charge on any atom is 0.239 e. The van der Waals surface area contributed by atoms with Gasteiger partial charge in [0.25, 0.3) is 0 Å². The molecule has 1 saturated carbocycles. The van der Waals surface area contributed by atoms with E-state index in [9.17, 15) is 0 Å². The van der Waals surface area contributed by atoms with Crippen molar-refractivity contribution >= 4 is 44.8 Å². The van der Waals surface area contributed by atoms with Gasteiger partial charge in [0.05, 0.1) is 35.5 Å². The Morgan fingerprint density at radius 2 is 0.911 bits per heavy atom. The number of methoxy groups -OCH3 is 1. The standard InChI is InChI=1S/C40H27NO4/c1-45-31-23-13-12-22-30(31)41-36(42)34-35(37(41)43)40(25-16-6-3-7-17-25)33-29-21-11-9-19-27(29)26-18-8-10-20-28(26)32(33)39(34,38(40)44)24-14-4-2-5-15-24/h2-23,34-35H,1H3/t34-,35+,39+,40-. The molecule has 216 valence electrons. The topological polar surface area (TPSA) is 63.7 Å². The summed E-state index contributed by atoms with van der Waals surface area (Å²) in [6, 6.07) is 42.6. The number of ketones is 1. The lowest BCUT2D eigenvalue weighted by molar-refractivity contribution is -0.130. The Balaban J connectivity index is 1.51. The number of ether oxygens (including phenoxy) is 1. The van der Waals surface area contributed by atoms with Crippen molar-refractivity contribution in [2.75, 3.05) is 12.0 Å². The van der Waals surface area contributed by atoms with Gasteiger partial charge in [-0.25, -0.2) is 4.90 Å². The van der Waals surface area contributed by atoms with E-state index in [1.807, 2.05) is 91.0 Å². The van der Waals surface area contributed by atoms with Crippen molar-refractivity contribution in [2.24, 2.45) is 11.8 Å². The van der Waals surface area contributed by atoms with Crippen LogP contribution in [-0.2, 0) is 25.2 Å². The molecule has 3 aliphatic rings. The van der Waals surface area contributed by atoms with Crippen molar-refractivity contribution in [2.45, 2.75) is 10.8 Å². The lowest BCUT2D eigenvalue weighted by atomic mass is 9.59. The number of benzene rings is 6. The SMILES string of the molecule is COc1ccccc1N1C(=O)[C@@H]2[C@H](C1=O)[C@@]1(c3ccccc3)C(=O)[C@]2(c2ccccc2)c2c1c1ccccc1c1ccccc21. The highest BCUT2D eigenvalue weighted by Crippen LogP contribution is 2.72. The molecule has 0 spiro atoms. The van der Waals surface area contributed by atoms with Crippen LogP contribution in [0.5, 0.6) is 5.75 Å². The van der Waals surface area contributed by atoms with Crippen molar-refractivity contribution in [3.05, 3.63) is 156 Å². The number of imide groups is 1. The third-order valence-electron chi connectivity index (χ3n) is 10.5. The maximum absolute atomic E-state index is 15.9. The number of Topliss-reactive ketones (excluding diaryl/α,β-unsaturated/α-hetero) is 1. The van der Waals surface area contributed by atoms with Gasteiger partial charge in [-0.2, -0.15) is 0 Å². The summed E-state index contributed by atoms with van der Waals surface area (Å²) in [5, 5.41) is 3.88. The van der Waals surface area contributed by atoms with Crippen LogP contribution in [0.3, 0.4) is 0 Å². The summed E-state index contributed by atoms with van der Waals surface area (Å²) < 4.78 is 5.65. The average Bonchev–Trinajstić information content (AvgIpc) is 3.61. The number of carbonyl (C=O) groups is 3. The summed E-state index contributed by atoms with van der Waals surface area (Å²) in [6.07, 6.45) is 0. The van der Waals surface area contributed by atoms with E-state index < -0.39 is 22.7 Å². The van der Waals surface area contributed by atoms with Gasteiger partial charge < -0.3 is 4.74 Å². The summed E-state index contributed by atoms with van der Waals surface area (Å²) in [4.78, 5) is 47.3. The molecule has 2 fully saturated rings. The summed E-state index contributed by atoms with van der Waals surface area (Å²) in [5.74, 6) is -2.36. The molecule has 1 heterocycles. The second-order valence-corrected chi connectivity index (χ2v) is 12.2. The minimum atomic E-state index is -1.40. The first-order valence-electron chi connectivity index (χ1n) is 15.2. The van der Waals surface area contributed by atoms with Crippen LogP contribution in [-0.4, -0.2) is 24.7 Å². The molecule has 5 nitrogen and oxygen atoms in total. The Morgan fingerprint density at radius 3 is 1.38 bits per heavy atom.